The van der Waals surface area contributed by atoms with Gasteiger partial charge in [0.1, 0.15) is 0 Å². The van der Waals surface area contributed by atoms with Gasteiger partial charge in [-0.1, -0.05) is 13.3 Å². The van der Waals surface area contributed by atoms with Crippen molar-refractivity contribution in [2.75, 3.05) is 25.4 Å². The van der Waals surface area contributed by atoms with Crippen LogP contribution in [0.15, 0.2) is 0 Å². The first-order valence-corrected chi connectivity index (χ1v) is 8.88. The van der Waals surface area contributed by atoms with Crippen LogP contribution in [-0.2, 0) is 10.0 Å². The van der Waals surface area contributed by atoms with Crippen LogP contribution in [0.5, 0.6) is 0 Å². The molecule has 2 rings (SSSR count). The predicted octanol–water partition coefficient (Wildman–Crippen LogP) is 1.34. The maximum atomic E-state index is 12.0. The standard InChI is InChI=1S/C13H26N2O2S/c1-11-2-3-13(8-11)9-15-18(16,17)10-12-4-6-14-7-5-12/h11-15H,2-10H2,1H3. The molecule has 2 atom stereocenters. The summed E-state index contributed by atoms with van der Waals surface area (Å²) in [6, 6.07) is 0. The monoisotopic (exact) mass is 274 g/mol. The van der Waals surface area contributed by atoms with Gasteiger partial charge in [0.2, 0.25) is 10.0 Å². The highest BCUT2D eigenvalue weighted by Crippen LogP contribution is 2.29. The molecular formula is C13H26N2O2S. The number of piperidine rings is 1. The second-order valence-electron chi connectivity index (χ2n) is 6.11. The van der Waals surface area contributed by atoms with Gasteiger partial charge in [-0.05, 0) is 56.5 Å². The zero-order chi connectivity index (χ0) is 13.0. The van der Waals surface area contributed by atoms with E-state index in [1.807, 2.05) is 0 Å². The molecule has 2 fully saturated rings. The smallest absolute Gasteiger partial charge is 0.211 e. The Balaban J connectivity index is 1.73. The molecule has 0 aromatic rings. The van der Waals surface area contributed by atoms with Gasteiger partial charge in [0.15, 0.2) is 0 Å². The summed E-state index contributed by atoms with van der Waals surface area (Å²) in [4.78, 5) is 0. The van der Waals surface area contributed by atoms with E-state index in [1.165, 1.54) is 19.3 Å². The van der Waals surface area contributed by atoms with E-state index in [-0.39, 0.29) is 0 Å². The summed E-state index contributed by atoms with van der Waals surface area (Å²) in [5, 5.41) is 3.27. The summed E-state index contributed by atoms with van der Waals surface area (Å²) in [5.41, 5.74) is 0. The third-order valence-electron chi connectivity index (χ3n) is 4.31. The van der Waals surface area contributed by atoms with Gasteiger partial charge in [-0.3, -0.25) is 0 Å². The van der Waals surface area contributed by atoms with Crippen molar-refractivity contribution in [1.29, 1.82) is 0 Å². The summed E-state index contributed by atoms with van der Waals surface area (Å²) >= 11 is 0. The van der Waals surface area contributed by atoms with Crippen LogP contribution in [0.4, 0.5) is 0 Å². The summed E-state index contributed by atoms with van der Waals surface area (Å²) in [6.07, 6.45) is 5.58. The van der Waals surface area contributed by atoms with Crippen molar-refractivity contribution < 1.29 is 8.42 Å². The molecule has 1 saturated heterocycles. The summed E-state index contributed by atoms with van der Waals surface area (Å²) in [5.74, 6) is 1.98. The quantitative estimate of drug-likeness (QED) is 0.795. The van der Waals surface area contributed by atoms with Crippen LogP contribution in [0.2, 0.25) is 0 Å². The van der Waals surface area contributed by atoms with Crippen LogP contribution in [0.3, 0.4) is 0 Å². The lowest BCUT2D eigenvalue weighted by molar-refractivity contribution is 0.399. The topological polar surface area (TPSA) is 58.2 Å². The van der Waals surface area contributed by atoms with Gasteiger partial charge in [0, 0.05) is 6.54 Å². The summed E-state index contributed by atoms with van der Waals surface area (Å²) in [7, 11) is -3.06. The van der Waals surface area contributed by atoms with Gasteiger partial charge in [-0.15, -0.1) is 0 Å². The van der Waals surface area contributed by atoms with E-state index >= 15 is 0 Å². The van der Waals surface area contributed by atoms with Gasteiger partial charge in [-0.25, -0.2) is 13.1 Å². The van der Waals surface area contributed by atoms with Crippen molar-refractivity contribution in [2.45, 2.75) is 39.0 Å². The Morgan fingerprint density at radius 3 is 2.44 bits per heavy atom. The molecule has 1 aliphatic heterocycles. The lowest BCUT2D eigenvalue weighted by Crippen LogP contribution is -2.37. The van der Waals surface area contributed by atoms with Crippen molar-refractivity contribution in [3.05, 3.63) is 0 Å². The number of nitrogens with one attached hydrogen (secondary N) is 2. The zero-order valence-electron chi connectivity index (χ0n) is 11.3. The Labute approximate surface area is 111 Å². The van der Waals surface area contributed by atoms with E-state index in [9.17, 15) is 8.42 Å². The molecule has 2 aliphatic rings. The van der Waals surface area contributed by atoms with E-state index in [0.717, 1.165) is 31.8 Å². The second kappa shape index (κ2) is 6.35. The number of sulfonamides is 1. The predicted molar refractivity (Wildman–Crippen MR) is 73.9 cm³/mol. The molecule has 5 heteroatoms. The normalized spacial score (nSPS) is 30.7. The third-order valence-corrected chi connectivity index (χ3v) is 5.83. The van der Waals surface area contributed by atoms with Crippen molar-refractivity contribution in [1.82, 2.24) is 10.0 Å². The molecule has 2 unspecified atom stereocenters. The largest absolute Gasteiger partial charge is 0.317 e. The maximum Gasteiger partial charge on any atom is 0.211 e. The van der Waals surface area contributed by atoms with E-state index in [1.54, 1.807) is 0 Å². The van der Waals surface area contributed by atoms with Crippen LogP contribution in [-0.4, -0.2) is 33.8 Å². The van der Waals surface area contributed by atoms with Crippen LogP contribution >= 0.6 is 0 Å². The molecule has 1 aliphatic carbocycles. The molecule has 1 saturated carbocycles. The molecular weight excluding hydrogens is 248 g/mol. The molecule has 0 spiro atoms. The summed E-state index contributed by atoms with van der Waals surface area (Å²) in [6.45, 7) is 4.82. The van der Waals surface area contributed by atoms with E-state index in [0.29, 0.717) is 24.1 Å². The Bertz CT molecular complexity index is 350. The van der Waals surface area contributed by atoms with Gasteiger partial charge in [0.25, 0.3) is 0 Å². The van der Waals surface area contributed by atoms with Crippen molar-refractivity contribution >= 4 is 10.0 Å². The van der Waals surface area contributed by atoms with Crippen molar-refractivity contribution in [2.24, 2.45) is 17.8 Å². The van der Waals surface area contributed by atoms with Crippen LogP contribution < -0.4 is 10.0 Å². The highest BCUT2D eigenvalue weighted by molar-refractivity contribution is 7.89. The first kappa shape index (κ1) is 14.3. The zero-order valence-corrected chi connectivity index (χ0v) is 12.1. The fraction of sp³-hybridized carbons (Fsp3) is 1.00. The Morgan fingerprint density at radius 1 is 1.11 bits per heavy atom. The molecule has 0 aromatic heterocycles. The average molecular weight is 274 g/mol. The molecule has 4 nitrogen and oxygen atoms in total. The van der Waals surface area contributed by atoms with E-state index in [2.05, 4.69) is 17.0 Å². The van der Waals surface area contributed by atoms with Gasteiger partial charge in [0.05, 0.1) is 5.75 Å². The van der Waals surface area contributed by atoms with Crippen molar-refractivity contribution in [3.8, 4) is 0 Å². The van der Waals surface area contributed by atoms with E-state index in [4.69, 9.17) is 0 Å². The van der Waals surface area contributed by atoms with Crippen LogP contribution in [0.1, 0.15) is 39.0 Å². The highest BCUT2D eigenvalue weighted by atomic mass is 32.2. The molecule has 1 heterocycles. The highest BCUT2D eigenvalue weighted by Gasteiger charge is 2.25. The average Bonchev–Trinajstić information content (AvgIpc) is 2.74. The fourth-order valence-corrected chi connectivity index (χ4v) is 4.73. The second-order valence-corrected chi connectivity index (χ2v) is 7.96. The number of rotatable bonds is 5. The minimum absolute atomic E-state index is 0.316. The molecule has 18 heavy (non-hydrogen) atoms. The van der Waals surface area contributed by atoms with E-state index < -0.39 is 10.0 Å². The molecule has 2 N–H and O–H groups in total. The fourth-order valence-electron chi connectivity index (χ4n) is 3.17. The van der Waals surface area contributed by atoms with Gasteiger partial charge in [-0.2, -0.15) is 0 Å². The van der Waals surface area contributed by atoms with Crippen LogP contribution in [0, 0.1) is 17.8 Å². The minimum atomic E-state index is -3.06. The van der Waals surface area contributed by atoms with Crippen LogP contribution in [0.25, 0.3) is 0 Å². The molecule has 0 aromatic carbocycles. The van der Waals surface area contributed by atoms with Gasteiger partial charge >= 0.3 is 0 Å². The SMILES string of the molecule is CC1CCC(CNS(=O)(=O)CC2CCNCC2)C1. The Morgan fingerprint density at radius 2 is 1.83 bits per heavy atom. The molecule has 0 radical (unpaired) electrons. The Hall–Kier alpha value is -0.130. The lowest BCUT2D eigenvalue weighted by Gasteiger charge is -2.22. The maximum absolute atomic E-state index is 12.0. The molecule has 106 valence electrons. The third kappa shape index (κ3) is 4.52. The number of hydrogen-bond acceptors (Lipinski definition) is 3. The number of hydrogen-bond donors (Lipinski definition) is 2. The Kier molecular flexibility index (Phi) is 5.04. The van der Waals surface area contributed by atoms with Gasteiger partial charge < -0.3 is 5.32 Å². The summed E-state index contributed by atoms with van der Waals surface area (Å²) < 4.78 is 26.8. The first-order valence-electron chi connectivity index (χ1n) is 7.23. The van der Waals surface area contributed by atoms with Crippen molar-refractivity contribution in [3.63, 3.8) is 0 Å². The lowest BCUT2D eigenvalue weighted by atomic mass is 10.0. The molecule has 0 bridgehead atoms. The molecule has 0 amide bonds. The minimum Gasteiger partial charge on any atom is -0.317 e. The first-order chi connectivity index (χ1) is 8.55.